The number of hydrogen-bond donors (Lipinski definition) is 2. The Bertz CT molecular complexity index is 183. The molecule has 2 atom stereocenters. The normalized spacial score (nSPS) is 39.5. The van der Waals surface area contributed by atoms with Gasteiger partial charge in [0, 0.05) is 24.5 Å². The number of rotatable bonds is 1. The summed E-state index contributed by atoms with van der Waals surface area (Å²) < 4.78 is 0. The SMILES string of the molecule is CC(C)(C)CC12CCNC1CNC2. The third-order valence-corrected chi connectivity index (χ3v) is 3.46. The fraction of sp³-hybridized carbons (Fsp3) is 1.00. The Morgan fingerprint density at radius 3 is 2.85 bits per heavy atom. The zero-order valence-electron chi connectivity index (χ0n) is 9.11. The molecule has 76 valence electrons. The van der Waals surface area contributed by atoms with Gasteiger partial charge in [0.2, 0.25) is 0 Å². The van der Waals surface area contributed by atoms with E-state index in [0.29, 0.717) is 10.8 Å². The molecule has 2 aliphatic heterocycles. The van der Waals surface area contributed by atoms with Crippen molar-refractivity contribution in [2.24, 2.45) is 10.8 Å². The van der Waals surface area contributed by atoms with Crippen LogP contribution in [0.5, 0.6) is 0 Å². The largest absolute Gasteiger partial charge is 0.315 e. The minimum absolute atomic E-state index is 0.469. The first-order valence-electron chi connectivity index (χ1n) is 5.46. The van der Waals surface area contributed by atoms with Crippen LogP contribution in [0.15, 0.2) is 0 Å². The van der Waals surface area contributed by atoms with Gasteiger partial charge in [0.05, 0.1) is 0 Å². The van der Waals surface area contributed by atoms with Gasteiger partial charge in [-0.1, -0.05) is 20.8 Å². The standard InChI is InChI=1S/C11H22N2/c1-10(2,3)7-11-4-5-13-9(11)6-12-8-11/h9,12-13H,4-8H2,1-3H3. The molecule has 0 aliphatic carbocycles. The Labute approximate surface area is 81.5 Å². The molecule has 2 heteroatoms. The van der Waals surface area contributed by atoms with Crippen molar-refractivity contribution in [3.05, 3.63) is 0 Å². The first kappa shape index (κ1) is 9.47. The van der Waals surface area contributed by atoms with E-state index in [4.69, 9.17) is 0 Å². The van der Waals surface area contributed by atoms with Gasteiger partial charge in [-0.3, -0.25) is 0 Å². The molecule has 2 aliphatic rings. The summed E-state index contributed by atoms with van der Waals surface area (Å²) in [6, 6.07) is 0.742. The average Bonchev–Trinajstić information content (AvgIpc) is 2.40. The lowest BCUT2D eigenvalue weighted by Gasteiger charge is -2.34. The van der Waals surface area contributed by atoms with E-state index in [1.54, 1.807) is 0 Å². The highest BCUT2D eigenvalue weighted by Gasteiger charge is 2.47. The number of fused-ring (bicyclic) bond motifs is 1. The highest BCUT2D eigenvalue weighted by Crippen LogP contribution is 2.43. The average molecular weight is 182 g/mol. The monoisotopic (exact) mass is 182 g/mol. The molecule has 0 spiro atoms. The Hall–Kier alpha value is -0.0800. The molecule has 2 saturated heterocycles. The molecule has 0 aromatic carbocycles. The van der Waals surface area contributed by atoms with Crippen LogP contribution in [0, 0.1) is 10.8 Å². The first-order chi connectivity index (χ1) is 6.02. The first-order valence-corrected chi connectivity index (χ1v) is 5.46. The van der Waals surface area contributed by atoms with Crippen LogP contribution in [-0.2, 0) is 0 Å². The lowest BCUT2D eigenvalue weighted by atomic mass is 9.71. The van der Waals surface area contributed by atoms with Crippen LogP contribution in [0.2, 0.25) is 0 Å². The summed E-state index contributed by atoms with van der Waals surface area (Å²) >= 11 is 0. The minimum atomic E-state index is 0.469. The molecular weight excluding hydrogens is 160 g/mol. The fourth-order valence-corrected chi connectivity index (χ4v) is 3.18. The van der Waals surface area contributed by atoms with Crippen LogP contribution < -0.4 is 10.6 Å². The van der Waals surface area contributed by atoms with E-state index in [2.05, 4.69) is 31.4 Å². The molecule has 2 nitrogen and oxygen atoms in total. The van der Waals surface area contributed by atoms with Gasteiger partial charge in [-0.2, -0.15) is 0 Å². The summed E-state index contributed by atoms with van der Waals surface area (Å²) in [5.41, 5.74) is 1.04. The maximum Gasteiger partial charge on any atom is 0.0261 e. The Kier molecular flexibility index (Phi) is 2.16. The van der Waals surface area contributed by atoms with Crippen molar-refractivity contribution in [3.63, 3.8) is 0 Å². The summed E-state index contributed by atoms with van der Waals surface area (Å²) in [6.45, 7) is 10.7. The Morgan fingerprint density at radius 2 is 2.15 bits per heavy atom. The van der Waals surface area contributed by atoms with Gasteiger partial charge in [-0.25, -0.2) is 0 Å². The maximum atomic E-state index is 3.62. The Morgan fingerprint density at radius 1 is 1.38 bits per heavy atom. The summed E-state index contributed by atoms with van der Waals surface area (Å²) in [6.07, 6.45) is 2.71. The molecule has 2 fully saturated rings. The molecule has 0 saturated carbocycles. The molecule has 2 unspecified atom stereocenters. The molecule has 0 amide bonds. The second-order valence-corrected chi connectivity index (χ2v) is 5.99. The van der Waals surface area contributed by atoms with Gasteiger partial charge in [0.1, 0.15) is 0 Å². The summed E-state index contributed by atoms with van der Waals surface area (Å²) in [4.78, 5) is 0. The zero-order chi connectivity index (χ0) is 9.53. The lowest BCUT2D eigenvalue weighted by Crippen LogP contribution is -2.38. The van der Waals surface area contributed by atoms with Gasteiger partial charge < -0.3 is 10.6 Å². The molecular formula is C11H22N2. The zero-order valence-corrected chi connectivity index (χ0v) is 9.11. The third kappa shape index (κ3) is 1.75. The van der Waals surface area contributed by atoms with Crippen LogP contribution >= 0.6 is 0 Å². The van der Waals surface area contributed by atoms with Crippen molar-refractivity contribution in [3.8, 4) is 0 Å². The molecule has 2 N–H and O–H groups in total. The lowest BCUT2D eigenvalue weighted by molar-refractivity contribution is 0.186. The van der Waals surface area contributed by atoms with Gasteiger partial charge >= 0.3 is 0 Å². The molecule has 2 heterocycles. The number of hydrogen-bond acceptors (Lipinski definition) is 2. The fourth-order valence-electron chi connectivity index (χ4n) is 3.18. The highest BCUT2D eigenvalue weighted by atomic mass is 15.1. The molecule has 2 rings (SSSR count). The van der Waals surface area contributed by atoms with E-state index in [-0.39, 0.29) is 0 Å². The molecule has 13 heavy (non-hydrogen) atoms. The minimum Gasteiger partial charge on any atom is -0.315 e. The van der Waals surface area contributed by atoms with Gasteiger partial charge in [-0.05, 0) is 24.8 Å². The topological polar surface area (TPSA) is 24.1 Å². The van der Waals surface area contributed by atoms with Crippen molar-refractivity contribution < 1.29 is 0 Å². The maximum absolute atomic E-state index is 3.62. The second-order valence-electron chi connectivity index (χ2n) is 5.99. The van der Waals surface area contributed by atoms with Crippen LogP contribution in [0.3, 0.4) is 0 Å². The summed E-state index contributed by atoms with van der Waals surface area (Å²) in [5, 5.41) is 7.14. The van der Waals surface area contributed by atoms with E-state index in [0.717, 1.165) is 6.04 Å². The van der Waals surface area contributed by atoms with E-state index in [9.17, 15) is 0 Å². The van der Waals surface area contributed by atoms with Crippen molar-refractivity contribution in [1.29, 1.82) is 0 Å². The van der Waals surface area contributed by atoms with Crippen molar-refractivity contribution >= 4 is 0 Å². The van der Waals surface area contributed by atoms with Crippen LogP contribution in [0.25, 0.3) is 0 Å². The molecule has 0 bridgehead atoms. The predicted octanol–water partition coefficient (Wildman–Crippen LogP) is 1.37. The van der Waals surface area contributed by atoms with Gasteiger partial charge in [0.25, 0.3) is 0 Å². The van der Waals surface area contributed by atoms with E-state index in [1.807, 2.05) is 0 Å². The third-order valence-electron chi connectivity index (χ3n) is 3.46. The van der Waals surface area contributed by atoms with Crippen molar-refractivity contribution in [2.75, 3.05) is 19.6 Å². The molecule has 0 aromatic heterocycles. The summed E-state index contributed by atoms with van der Waals surface area (Å²) in [5.74, 6) is 0. The summed E-state index contributed by atoms with van der Waals surface area (Å²) in [7, 11) is 0. The number of nitrogens with one attached hydrogen (secondary N) is 2. The quantitative estimate of drug-likeness (QED) is 0.640. The van der Waals surface area contributed by atoms with Crippen LogP contribution in [0.1, 0.15) is 33.6 Å². The smallest absolute Gasteiger partial charge is 0.0261 e. The highest BCUT2D eigenvalue weighted by molar-refractivity contribution is 5.05. The molecule has 0 radical (unpaired) electrons. The van der Waals surface area contributed by atoms with E-state index >= 15 is 0 Å². The van der Waals surface area contributed by atoms with Crippen LogP contribution in [0.4, 0.5) is 0 Å². The van der Waals surface area contributed by atoms with Gasteiger partial charge in [-0.15, -0.1) is 0 Å². The Balaban J connectivity index is 2.09. The van der Waals surface area contributed by atoms with Gasteiger partial charge in [0.15, 0.2) is 0 Å². The second kappa shape index (κ2) is 2.96. The van der Waals surface area contributed by atoms with Crippen molar-refractivity contribution in [2.45, 2.75) is 39.7 Å². The van der Waals surface area contributed by atoms with E-state index in [1.165, 1.54) is 32.5 Å². The van der Waals surface area contributed by atoms with E-state index < -0.39 is 0 Å². The van der Waals surface area contributed by atoms with Crippen LogP contribution in [-0.4, -0.2) is 25.7 Å². The predicted molar refractivity (Wildman–Crippen MR) is 55.8 cm³/mol. The molecule has 0 aromatic rings. The van der Waals surface area contributed by atoms with Crippen molar-refractivity contribution in [1.82, 2.24) is 10.6 Å².